The fourth-order valence-electron chi connectivity index (χ4n) is 8.45. The van der Waals surface area contributed by atoms with Crippen LogP contribution in [0.2, 0.25) is 0 Å². The van der Waals surface area contributed by atoms with E-state index in [-0.39, 0.29) is 43.4 Å². The van der Waals surface area contributed by atoms with Crippen LogP contribution in [-0.4, -0.2) is 131 Å². The van der Waals surface area contributed by atoms with Crippen molar-refractivity contribution in [3.63, 3.8) is 0 Å². The van der Waals surface area contributed by atoms with Gasteiger partial charge in [0.05, 0.1) is 40.2 Å². The maximum atomic E-state index is 14.1. The molecule has 3 aromatic carbocycles. The van der Waals surface area contributed by atoms with Crippen LogP contribution in [0.5, 0.6) is 0 Å². The van der Waals surface area contributed by atoms with Crippen LogP contribution >= 0.6 is 11.3 Å². The topological polar surface area (TPSA) is 243 Å². The van der Waals surface area contributed by atoms with Crippen LogP contribution in [0.4, 0.5) is 28.8 Å². The van der Waals surface area contributed by atoms with Crippen molar-refractivity contribution in [2.45, 2.75) is 97.0 Å². The molecule has 0 aliphatic carbocycles. The highest BCUT2D eigenvalue weighted by Gasteiger charge is 2.44. The summed E-state index contributed by atoms with van der Waals surface area (Å²) in [6.45, 7) is 17.1. The van der Waals surface area contributed by atoms with Crippen molar-refractivity contribution in [1.29, 1.82) is 0 Å². The van der Waals surface area contributed by atoms with Gasteiger partial charge in [0.2, 0.25) is 39.6 Å². The van der Waals surface area contributed by atoms with Crippen molar-refractivity contribution >= 4 is 73.8 Å². The van der Waals surface area contributed by atoms with Crippen LogP contribution in [0.3, 0.4) is 0 Å². The fraction of sp³-hybridized carbons (Fsp3) is 0.431. The van der Waals surface area contributed by atoms with E-state index in [1.165, 1.54) is 4.90 Å². The number of hydrogen-bond acceptors (Lipinski definition) is 15. The number of piperazine rings is 1. The van der Waals surface area contributed by atoms with Crippen LogP contribution in [0.15, 0.2) is 89.4 Å². The molecule has 0 bridgehead atoms. The molecule has 0 spiro atoms. The van der Waals surface area contributed by atoms with Crippen LogP contribution in [-0.2, 0) is 35.7 Å². The van der Waals surface area contributed by atoms with E-state index >= 15 is 0 Å². The van der Waals surface area contributed by atoms with Crippen molar-refractivity contribution in [1.82, 2.24) is 45.4 Å². The minimum Gasteiger partial charge on any atom is -0.391 e. The Bertz CT molecular complexity index is 2840. The van der Waals surface area contributed by atoms with Crippen molar-refractivity contribution in [2.24, 2.45) is 5.41 Å². The number of nitrogens with zero attached hydrogens (tertiary/aromatic N) is 6. The molecule has 4 heterocycles. The van der Waals surface area contributed by atoms with Crippen molar-refractivity contribution < 1.29 is 32.7 Å². The molecule has 2 aromatic heterocycles. The van der Waals surface area contributed by atoms with E-state index in [1.807, 2.05) is 88.0 Å². The average Bonchev–Trinajstić information content (AvgIpc) is 3.95. The Morgan fingerprint density at radius 3 is 2.21 bits per heavy atom. The predicted octanol–water partition coefficient (Wildman–Crippen LogP) is 4.83. The van der Waals surface area contributed by atoms with Crippen LogP contribution in [0, 0.1) is 19.3 Å². The summed E-state index contributed by atoms with van der Waals surface area (Å²) in [6, 6.07) is 20.3. The van der Waals surface area contributed by atoms with Gasteiger partial charge in [0, 0.05) is 80.1 Å². The SMILES string of the molecule is Cc1cnc(Nc2ccc(N3CCN(CC(=O)NCC(=O)N[C@H](C(=O)N4C[C@H](O)C[C@H]4C(=O)NCc4ccc(-c5scnc5C)cc4)C(C)(C)C)CC3)cc2)nc1Nc1cccc(S(=O)(=O)NC(C)(C)C)c1. The maximum Gasteiger partial charge on any atom is 0.246 e. The zero-order valence-electron chi connectivity index (χ0n) is 42.1. The molecule has 19 nitrogen and oxygen atoms in total. The number of aliphatic hydroxyl groups is 1. The summed E-state index contributed by atoms with van der Waals surface area (Å²) in [5, 5.41) is 25.5. The van der Waals surface area contributed by atoms with Gasteiger partial charge in [-0.05, 0) is 93.6 Å². The molecule has 2 fully saturated rings. The smallest absolute Gasteiger partial charge is 0.246 e. The molecule has 3 atom stereocenters. The Morgan fingerprint density at radius 2 is 1.56 bits per heavy atom. The quantitative estimate of drug-likeness (QED) is 0.0661. The molecule has 384 valence electrons. The molecule has 0 saturated carbocycles. The molecule has 72 heavy (non-hydrogen) atoms. The summed E-state index contributed by atoms with van der Waals surface area (Å²) < 4.78 is 28.6. The number of nitrogens with one attached hydrogen (secondary N) is 6. The van der Waals surface area contributed by atoms with E-state index in [2.05, 4.69) is 51.2 Å². The third-order valence-corrected chi connectivity index (χ3v) is 14.9. The van der Waals surface area contributed by atoms with Crippen LogP contribution in [0.1, 0.15) is 64.8 Å². The van der Waals surface area contributed by atoms with Crippen molar-refractivity contribution in [3.05, 3.63) is 101 Å². The highest BCUT2D eigenvalue weighted by Crippen LogP contribution is 2.30. The fourth-order valence-corrected chi connectivity index (χ4v) is 10.7. The van der Waals surface area contributed by atoms with Gasteiger partial charge in [0.1, 0.15) is 17.9 Å². The first kappa shape index (κ1) is 53.3. The zero-order valence-corrected chi connectivity index (χ0v) is 43.7. The Morgan fingerprint density at radius 1 is 0.847 bits per heavy atom. The first-order chi connectivity index (χ1) is 34.0. The van der Waals surface area contributed by atoms with E-state index in [9.17, 15) is 32.7 Å². The van der Waals surface area contributed by atoms with Crippen molar-refractivity contribution in [3.8, 4) is 10.4 Å². The minimum atomic E-state index is -3.73. The number of aliphatic hydroxyl groups excluding tert-OH is 1. The second-order valence-corrected chi connectivity index (χ2v) is 22.9. The lowest BCUT2D eigenvalue weighted by Gasteiger charge is -2.36. The van der Waals surface area contributed by atoms with Crippen LogP contribution < -0.4 is 36.2 Å². The van der Waals surface area contributed by atoms with Gasteiger partial charge in [-0.15, -0.1) is 11.3 Å². The predicted molar refractivity (Wildman–Crippen MR) is 280 cm³/mol. The molecule has 4 amide bonds. The first-order valence-corrected chi connectivity index (χ1v) is 26.3. The van der Waals surface area contributed by atoms with Gasteiger partial charge >= 0.3 is 0 Å². The summed E-state index contributed by atoms with van der Waals surface area (Å²) in [5.41, 5.74) is 6.39. The highest BCUT2D eigenvalue weighted by atomic mass is 32.2. The van der Waals surface area contributed by atoms with E-state index in [0.29, 0.717) is 43.6 Å². The molecular weight excluding hydrogens is 957 g/mol. The molecule has 7 N–H and O–H groups in total. The Balaban J connectivity index is 0.848. The number of amides is 4. The lowest BCUT2D eigenvalue weighted by atomic mass is 9.85. The summed E-state index contributed by atoms with van der Waals surface area (Å²) in [6.07, 6.45) is 0.848. The summed E-state index contributed by atoms with van der Waals surface area (Å²) in [5.74, 6) is -0.878. The highest BCUT2D eigenvalue weighted by molar-refractivity contribution is 7.89. The zero-order chi connectivity index (χ0) is 52.0. The number of sulfonamides is 1. The van der Waals surface area contributed by atoms with Gasteiger partial charge in [-0.1, -0.05) is 51.1 Å². The third-order valence-electron chi connectivity index (χ3n) is 12.2. The number of rotatable bonds is 17. The van der Waals surface area contributed by atoms with Crippen LogP contribution in [0.25, 0.3) is 10.4 Å². The Kier molecular flexibility index (Phi) is 16.6. The maximum absolute atomic E-state index is 14.1. The third kappa shape index (κ3) is 14.1. The number of carbonyl (C=O) groups is 4. The Hall–Kier alpha value is -6.52. The molecule has 5 aromatic rings. The number of anilines is 5. The second kappa shape index (κ2) is 22.5. The van der Waals surface area contributed by atoms with Gasteiger partial charge in [0.25, 0.3) is 0 Å². The number of hydrogen-bond donors (Lipinski definition) is 7. The molecule has 2 aliphatic heterocycles. The number of benzene rings is 3. The standard InChI is InChI=1S/C51H66N12O7S2/c1-32-26-54-49(59-46(32)56-37-10-9-11-40(24-37)72(69,70)60-51(6,7)8)57-36-16-18-38(19-17-36)62-22-20-61(21-23-62)30-43(66)52-28-42(65)58-45(50(3,4)5)48(68)63-29-39(64)25-41(63)47(67)53-27-34-12-14-35(15-13-34)44-33(2)55-31-71-44/h9-19,24,26,31,39,41,45,60,64H,20-23,25,27-30H2,1-8H3,(H,52,66)(H,53,67)(H,58,65)(H2,54,56,57,59)/t39-,41+,45-/m1/s1. The molecule has 21 heteroatoms. The number of β-amino-alcohol motifs (C(OH)–C–C–N with tert-alkyl or cyclic N) is 1. The molecule has 0 radical (unpaired) electrons. The van der Waals surface area contributed by atoms with Crippen molar-refractivity contribution in [2.75, 3.05) is 61.3 Å². The number of carbonyl (C=O) groups excluding carboxylic acids is 4. The molecule has 2 aliphatic rings. The number of aromatic nitrogens is 3. The Labute approximate surface area is 425 Å². The molecular formula is C51H66N12O7S2. The summed E-state index contributed by atoms with van der Waals surface area (Å²) >= 11 is 1.56. The number of aryl methyl sites for hydroxylation is 2. The lowest BCUT2D eigenvalue weighted by molar-refractivity contribution is -0.144. The summed E-state index contributed by atoms with van der Waals surface area (Å²) in [7, 11) is -3.73. The van der Waals surface area contributed by atoms with E-state index in [4.69, 9.17) is 0 Å². The van der Waals surface area contributed by atoms with Gasteiger partial charge < -0.3 is 41.5 Å². The molecule has 2 saturated heterocycles. The summed E-state index contributed by atoms with van der Waals surface area (Å²) in [4.78, 5) is 74.1. The normalized spacial score (nSPS) is 17.0. The minimum absolute atomic E-state index is 0.0502. The average molecular weight is 1020 g/mol. The first-order valence-electron chi connectivity index (χ1n) is 23.9. The van der Waals surface area contributed by atoms with Gasteiger partial charge in [-0.25, -0.2) is 23.1 Å². The van der Waals surface area contributed by atoms with E-state index < -0.39 is 56.9 Å². The molecule has 7 rings (SSSR count). The van der Waals surface area contributed by atoms with Gasteiger partial charge in [-0.2, -0.15) is 4.98 Å². The largest absolute Gasteiger partial charge is 0.391 e. The number of likely N-dealkylation sites (tertiary alicyclic amines) is 1. The van der Waals surface area contributed by atoms with E-state index in [1.54, 1.807) is 68.1 Å². The van der Waals surface area contributed by atoms with E-state index in [0.717, 1.165) is 38.6 Å². The van der Waals surface area contributed by atoms with Gasteiger partial charge in [0.15, 0.2) is 0 Å². The van der Waals surface area contributed by atoms with Gasteiger partial charge in [-0.3, -0.25) is 24.1 Å². The molecule has 0 unspecified atom stereocenters. The second-order valence-electron chi connectivity index (χ2n) is 20.4. The lowest BCUT2D eigenvalue weighted by Crippen LogP contribution is -2.59. The monoisotopic (exact) mass is 1020 g/mol. The number of thiazole rings is 1.